The van der Waals surface area contributed by atoms with Gasteiger partial charge in [-0.25, -0.2) is 13.4 Å². The van der Waals surface area contributed by atoms with Crippen LogP contribution in [-0.2, 0) is 35.5 Å². The Balaban J connectivity index is 1.83. The Kier molecular flexibility index (Phi) is 5.09. The van der Waals surface area contributed by atoms with Crippen LogP contribution in [0, 0.1) is 11.3 Å². The minimum Gasteiger partial charge on any atom is -0.321 e. The zero-order chi connectivity index (χ0) is 26.2. The lowest BCUT2D eigenvalue weighted by Crippen LogP contribution is -2.26. The third-order valence-electron chi connectivity index (χ3n) is 6.82. The van der Waals surface area contributed by atoms with Crippen LogP contribution in [0.15, 0.2) is 40.2 Å². The molecule has 36 heavy (non-hydrogen) atoms. The number of fused-ring (bicyclic) bond motifs is 2. The molecule has 12 heteroatoms. The number of aromatic nitrogens is 4. The Morgan fingerprint density at radius 3 is 2.44 bits per heavy atom. The van der Waals surface area contributed by atoms with E-state index in [-0.39, 0.29) is 33.2 Å². The van der Waals surface area contributed by atoms with Crippen LogP contribution in [0.3, 0.4) is 0 Å². The zero-order valence-electron chi connectivity index (χ0n) is 19.5. The number of alkyl halides is 3. The molecule has 1 aromatic carbocycles. The van der Waals surface area contributed by atoms with Gasteiger partial charge >= 0.3 is 6.18 Å². The molecule has 0 radical (unpaired) electrons. The minimum atomic E-state index is -4.78. The highest BCUT2D eigenvalue weighted by Crippen LogP contribution is 2.48. The summed E-state index contributed by atoms with van der Waals surface area (Å²) in [5.41, 5.74) is -2.28. The van der Waals surface area contributed by atoms with E-state index in [2.05, 4.69) is 16.0 Å². The van der Waals surface area contributed by atoms with Gasteiger partial charge < -0.3 is 9.13 Å². The first-order valence-electron chi connectivity index (χ1n) is 11.1. The predicted octanol–water partition coefficient (Wildman–Crippen LogP) is 3.85. The summed E-state index contributed by atoms with van der Waals surface area (Å²) < 4.78 is 68.7. The number of aryl methyl sites for hydroxylation is 1. The van der Waals surface area contributed by atoms with Crippen molar-refractivity contribution in [1.29, 1.82) is 5.26 Å². The fourth-order valence-corrected chi connectivity index (χ4v) is 5.80. The molecule has 8 nitrogen and oxygen atoms in total. The SMILES string of the molecule is CCS(=O)(=O)c1c(-c2nc3cc(C(F)(F)F)n(C)c(=O)c3n2C)ncc2cc(C3(C#N)CC3)ccc12. The number of halogens is 3. The molecule has 0 N–H and O–H groups in total. The second-order valence-corrected chi connectivity index (χ2v) is 11.2. The second kappa shape index (κ2) is 7.64. The Morgan fingerprint density at radius 2 is 1.86 bits per heavy atom. The molecule has 3 aromatic heterocycles. The highest BCUT2D eigenvalue weighted by Gasteiger charge is 2.45. The zero-order valence-corrected chi connectivity index (χ0v) is 20.3. The fourth-order valence-electron chi connectivity index (χ4n) is 4.55. The first kappa shape index (κ1) is 24.0. The average molecular weight is 516 g/mol. The van der Waals surface area contributed by atoms with Crippen molar-refractivity contribution in [2.24, 2.45) is 14.1 Å². The van der Waals surface area contributed by atoms with E-state index in [0.29, 0.717) is 15.3 Å². The van der Waals surface area contributed by atoms with Gasteiger partial charge in [0.25, 0.3) is 5.56 Å². The maximum atomic E-state index is 13.5. The van der Waals surface area contributed by atoms with Gasteiger partial charge in [0, 0.05) is 31.1 Å². The summed E-state index contributed by atoms with van der Waals surface area (Å²) in [6.07, 6.45) is -1.89. The molecule has 5 rings (SSSR count). The van der Waals surface area contributed by atoms with Gasteiger partial charge in [-0.15, -0.1) is 0 Å². The van der Waals surface area contributed by atoms with Crippen LogP contribution in [-0.4, -0.2) is 33.3 Å². The van der Waals surface area contributed by atoms with Crippen LogP contribution in [0.25, 0.3) is 33.3 Å². The van der Waals surface area contributed by atoms with E-state index in [1.165, 1.54) is 24.7 Å². The van der Waals surface area contributed by atoms with E-state index >= 15 is 0 Å². The van der Waals surface area contributed by atoms with Crippen LogP contribution in [0.5, 0.6) is 0 Å². The number of rotatable bonds is 4. The molecule has 0 aliphatic heterocycles. The summed E-state index contributed by atoms with van der Waals surface area (Å²) in [5, 5.41) is 10.4. The van der Waals surface area contributed by atoms with Crippen LogP contribution in [0.2, 0.25) is 0 Å². The second-order valence-electron chi connectivity index (χ2n) is 8.96. The van der Waals surface area contributed by atoms with Crippen molar-refractivity contribution in [1.82, 2.24) is 19.1 Å². The normalized spacial score (nSPS) is 15.4. The predicted molar refractivity (Wildman–Crippen MR) is 126 cm³/mol. The molecule has 0 amide bonds. The van der Waals surface area contributed by atoms with E-state index in [4.69, 9.17) is 0 Å². The number of nitriles is 1. The first-order chi connectivity index (χ1) is 16.8. The Morgan fingerprint density at radius 1 is 1.17 bits per heavy atom. The molecule has 1 aliphatic rings. The number of imidazole rings is 1. The van der Waals surface area contributed by atoms with E-state index in [1.807, 2.05) is 0 Å². The van der Waals surface area contributed by atoms with Crippen molar-refractivity contribution in [3.63, 3.8) is 0 Å². The summed E-state index contributed by atoms with van der Waals surface area (Å²) in [5.74, 6) is -0.302. The standard InChI is InChI=1S/C24H20F3N5O3S/c1-4-36(34,35)20-15-6-5-14(23(12-28)7-8-23)9-13(15)11-29-18(20)21-30-16-10-17(24(25,26)27)31(2)22(33)19(16)32(21)3/h5-6,9-11H,4,7-8H2,1-3H3. The van der Waals surface area contributed by atoms with Crippen molar-refractivity contribution >= 4 is 31.6 Å². The van der Waals surface area contributed by atoms with Gasteiger partial charge in [-0.2, -0.15) is 18.4 Å². The van der Waals surface area contributed by atoms with Crippen LogP contribution < -0.4 is 5.56 Å². The number of pyridine rings is 2. The molecule has 186 valence electrons. The molecule has 0 unspecified atom stereocenters. The number of benzene rings is 1. The molecular weight excluding hydrogens is 495 g/mol. The fraction of sp³-hybridized carbons (Fsp3) is 0.333. The lowest BCUT2D eigenvalue weighted by molar-refractivity contribution is -0.143. The van der Waals surface area contributed by atoms with Gasteiger partial charge in [-0.1, -0.05) is 19.1 Å². The maximum absolute atomic E-state index is 13.5. The van der Waals surface area contributed by atoms with Gasteiger partial charge in [0.05, 0.1) is 22.8 Å². The molecule has 1 fully saturated rings. The van der Waals surface area contributed by atoms with E-state index in [9.17, 15) is 31.6 Å². The number of hydrogen-bond donors (Lipinski definition) is 0. The van der Waals surface area contributed by atoms with Crippen molar-refractivity contribution in [2.45, 2.75) is 36.3 Å². The van der Waals surface area contributed by atoms with E-state index < -0.39 is 32.7 Å². The number of hydrogen-bond acceptors (Lipinski definition) is 6. The van der Waals surface area contributed by atoms with Crippen LogP contribution >= 0.6 is 0 Å². The first-order valence-corrected chi connectivity index (χ1v) is 12.7. The molecule has 0 atom stereocenters. The monoisotopic (exact) mass is 515 g/mol. The number of sulfone groups is 1. The van der Waals surface area contributed by atoms with Gasteiger partial charge in [0.2, 0.25) is 0 Å². The highest BCUT2D eigenvalue weighted by atomic mass is 32.2. The molecule has 0 saturated heterocycles. The highest BCUT2D eigenvalue weighted by molar-refractivity contribution is 7.91. The largest absolute Gasteiger partial charge is 0.431 e. The maximum Gasteiger partial charge on any atom is 0.431 e. The number of nitrogens with zero attached hydrogens (tertiary/aromatic N) is 5. The molecule has 0 bridgehead atoms. The summed E-state index contributed by atoms with van der Waals surface area (Å²) >= 11 is 0. The Labute approximate surface area is 203 Å². The molecule has 4 aromatic rings. The van der Waals surface area contributed by atoms with E-state index in [0.717, 1.165) is 31.5 Å². The van der Waals surface area contributed by atoms with Crippen LogP contribution in [0.4, 0.5) is 13.2 Å². The quantitative estimate of drug-likeness (QED) is 0.408. The summed E-state index contributed by atoms with van der Waals surface area (Å²) in [6, 6.07) is 8.16. The van der Waals surface area contributed by atoms with E-state index in [1.54, 1.807) is 18.2 Å². The Hall–Kier alpha value is -3.72. The third kappa shape index (κ3) is 3.41. The lowest BCUT2D eigenvalue weighted by Gasteiger charge is -2.14. The van der Waals surface area contributed by atoms with Crippen molar-refractivity contribution in [3.05, 3.63) is 52.1 Å². The third-order valence-corrected chi connectivity index (χ3v) is 8.61. The summed E-state index contributed by atoms with van der Waals surface area (Å²) in [7, 11) is -1.44. The molecule has 1 saturated carbocycles. The summed E-state index contributed by atoms with van der Waals surface area (Å²) in [6.45, 7) is 1.47. The van der Waals surface area contributed by atoms with Gasteiger partial charge in [0.15, 0.2) is 15.7 Å². The summed E-state index contributed by atoms with van der Waals surface area (Å²) in [4.78, 5) is 21.3. The van der Waals surface area contributed by atoms with Gasteiger partial charge in [0.1, 0.15) is 21.8 Å². The molecule has 0 spiro atoms. The minimum absolute atomic E-state index is 0.0462. The van der Waals surface area contributed by atoms with Crippen molar-refractivity contribution in [2.75, 3.05) is 5.75 Å². The smallest absolute Gasteiger partial charge is 0.321 e. The molecule has 3 heterocycles. The van der Waals surface area contributed by atoms with Gasteiger partial charge in [-0.05, 0) is 30.5 Å². The molecular formula is C24H20F3N5O3S. The van der Waals surface area contributed by atoms with Crippen molar-refractivity contribution in [3.8, 4) is 17.6 Å². The van der Waals surface area contributed by atoms with Crippen LogP contribution in [0.1, 0.15) is 31.0 Å². The van der Waals surface area contributed by atoms with Crippen molar-refractivity contribution < 1.29 is 21.6 Å². The average Bonchev–Trinajstić information content (AvgIpc) is 3.57. The molecule has 1 aliphatic carbocycles. The topological polar surface area (TPSA) is 111 Å². The lowest BCUT2D eigenvalue weighted by atomic mass is 9.95. The Bertz CT molecular complexity index is 1790. The van der Waals surface area contributed by atoms with Gasteiger partial charge in [-0.3, -0.25) is 9.78 Å².